The third kappa shape index (κ3) is 18.1. The van der Waals surface area contributed by atoms with E-state index in [4.69, 9.17) is 10.6 Å². The van der Waals surface area contributed by atoms with Gasteiger partial charge in [-0.25, -0.2) is 0 Å². The van der Waals surface area contributed by atoms with E-state index in [2.05, 4.69) is 0 Å². The molecule has 0 aliphatic carbocycles. The molecule has 0 heterocycles. The number of hydrogen-bond acceptors (Lipinski definition) is 3. The molecule has 0 aliphatic heterocycles. The lowest BCUT2D eigenvalue weighted by atomic mass is 10.7. The van der Waals surface area contributed by atoms with Crippen LogP contribution in [0.15, 0.2) is 0 Å². The van der Waals surface area contributed by atoms with Gasteiger partial charge >= 0.3 is 0 Å². The van der Waals surface area contributed by atoms with Gasteiger partial charge in [0.25, 0.3) is 0 Å². The number of nitrogens with two attached hydrogens (primary N) is 1. The molecule has 3 heteroatoms. The van der Waals surface area contributed by atoms with Gasteiger partial charge in [-0.1, -0.05) is 13.8 Å². The predicted octanol–water partition coefficient (Wildman–Crippen LogP) is 0.465. The van der Waals surface area contributed by atoms with E-state index in [-0.39, 0.29) is 0 Å². The van der Waals surface area contributed by atoms with Crippen LogP contribution in [0.4, 0.5) is 0 Å². The highest BCUT2D eigenvalue weighted by molar-refractivity contribution is 4.24. The van der Waals surface area contributed by atoms with Gasteiger partial charge in [-0.3, -0.25) is 4.84 Å². The van der Waals surface area contributed by atoms with Crippen LogP contribution in [0.5, 0.6) is 0 Å². The molecule has 0 aliphatic rings. The molecule has 0 atom stereocenters. The van der Waals surface area contributed by atoms with Crippen molar-refractivity contribution in [2.24, 2.45) is 5.73 Å². The molecule has 0 radical (unpaired) electrons. The minimum atomic E-state index is 0.582. The van der Waals surface area contributed by atoms with Crippen LogP contribution in [0.1, 0.15) is 13.8 Å². The molecule has 0 aromatic heterocycles. The molecule has 0 spiro atoms. The van der Waals surface area contributed by atoms with Crippen molar-refractivity contribution in [3.05, 3.63) is 0 Å². The first-order valence-electron chi connectivity index (χ1n) is 3.27. The summed E-state index contributed by atoms with van der Waals surface area (Å²) in [4.78, 5) is 4.90. The Hall–Kier alpha value is -0.120. The molecule has 0 saturated carbocycles. The smallest absolute Gasteiger partial charge is 0.0807 e. The van der Waals surface area contributed by atoms with Gasteiger partial charge in [-0.05, 0) is 0 Å². The van der Waals surface area contributed by atoms with Crippen molar-refractivity contribution in [1.82, 2.24) is 5.06 Å². The van der Waals surface area contributed by atoms with Crippen LogP contribution >= 0.6 is 0 Å². The Labute approximate surface area is 57.7 Å². The van der Waals surface area contributed by atoms with Crippen LogP contribution in [0.25, 0.3) is 0 Å². The number of hydroxylamine groups is 2. The number of hydrogen-bond donors (Lipinski definition) is 1. The van der Waals surface area contributed by atoms with Crippen LogP contribution in [-0.4, -0.2) is 32.3 Å². The maximum atomic E-state index is 5.13. The van der Waals surface area contributed by atoms with Gasteiger partial charge in [0.1, 0.15) is 0 Å². The summed E-state index contributed by atoms with van der Waals surface area (Å²) in [7, 11) is 3.66. The molecule has 9 heavy (non-hydrogen) atoms. The van der Waals surface area contributed by atoms with E-state index in [1.807, 2.05) is 27.9 Å². The molecule has 2 N–H and O–H groups in total. The maximum Gasteiger partial charge on any atom is 0.0807 e. The largest absolute Gasteiger partial charge is 0.328 e. The highest BCUT2D eigenvalue weighted by Gasteiger charge is 1.82. The summed E-state index contributed by atoms with van der Waals surface area (Å²) in [5.41, 5.74) is 5.13. The van der Waals surface area contributed by atoms with Crippen molar-refractivity contribution >= 4 is 0 Å². The highest BCUT2D eigenvalue weighted by atomic mass is 16.7. The minimum absolute atomic E-state index is 0.582. The zero-order chi connectivity index (χ0) is 7.70. The Morgan fingerprint density at radius 1 is 1.33 bits per heavy atom. The fraction of sp³-hybridized carbons (Fsp3) is 1.00. The predicted molar refractivity (Wildman–Crippen MR) is 40.0 cm³/mol. The normalized spacial score (nSPS) is 8.67. The summed E-state index contributed by atoms with van der Waals surface area (Å²) < 4.78 is 0. The average molecular weight is 134 g/mol. The lowest BCUT2D eigenvalue weighted by Gasteiger charge is -2.07. The van der Waals surface area contributed by atoms with Crippen LogP contribution in [0.3, 0.4) is 0 Å². The molecule has 0 amide bonds. The molecule has 3 nitrogen and oxygen atoms in total. The topological polar surface area (TPSA) is 38.5 Å². The van der Waals surface area contributed by atoms with Crippen molar-refractivity contribution in [2.75, 3.05) is 27.2 Å². The van der Waals surface area contributed by atoms with Crippen molar-refractivity contribution in [1.29, 1.82) is 0 Å². The monoisotopic (exact) mass is 134 g/mol. The number of rotatable bonds is 3. The zero-order valence-corrected chi connectivity index (χ0v) is 6.85. The van der Waals surface area contributed by atoms with Crippen LogP contribution < -0.4 is 5.73 Å². The first-order chi connectivity index (χ1) is 4.27. The minimum Gasteiger partial charge on any atom is -0.328 e. The van der Waals surface area contributed by atoms with E-state index >= 15 is 0 Å². The molecule has 0 rings (SSSR count). The highest BCUT2D eigenvalue weighted by Crippen LogP contribution is 1.72. The molecule has 58 valence electrons. The van der Waals surface area contributed by atoms with E-state index in [1.165, 1.54) is 0 Å². The van der Waals surface area contributed by atoms with E-state index in [1.54, 1.807) is 5.06 Å². The second-order valence-corrected chi connectivity index (χ2v) is 1.43. The standard InChI is InChI=1S/C4H12N2O.C2H6/c1-6(2)7-4-3-5;1-2/h3-5H2,1-2H3;1-2H3. The van der Waals surface area contributed by atoms with Crippen LogP contribution in [-0.2, 0) is 4.84 Å². The summed E-state index contributed by atoms with van der Waals surface area (Å²) in [6, 6.07) is 0. The Morgan fingerprint density at radius 2 is 1.78 bits per heavy atom. The van der Waals surface area contributed by atoms with Crippen molar-refractivity contribution in [2.45, 2.75) is 13.8 Å². The van der Waals surface area contributed by atoms with E-state index in [0.717, 1.165) is 0 Å². The third-order valence-electron chi connectivity index (χ3n) is 0.467. The van der Waals surface area contributed by atoms with Gasteiger partial charge in [0.15, 0.2) is 0 Å². The lowest BCUT2D eigenvalue weighted by molar-refractivity contribution is -0.115. The Bertz CT molecular complexity index is 40.0. The van der Waals surface area contributed by atoms with E-state index in [0.29, 0.717) is 13.2 Å². The van der Waals surface area contributed by atoms with Gasteiger partial charge in [0.2, 0.25) is 0 Å². The first-order valence-corrected chi connectivity index (χ1v) is 3.27. The molecular formula is C6H18N2O. The lowest BCUT2D eigenvalue weighted by Crippen LogP contribution is -2.18. The SMILES string of the molecule is CC.CN(C)OCCN. The van der Waals surface area contributed by atoms with Gasteiger partial charge in [-0.15, -0.1) is 0 Å². The summed E-state index contributed by atoms with van der Waals surface area (Å²) in [6.07, 6.45) is 0. The van der Waals surface area contributed by atoms with Gasteiger partial charge in [0, 0.05) is 20.6 Å². The Balaban J connectivity index is 0. The molecule has 0 aromatic rings. The van der Waals surface area contributed by atoms with Gasteiger partial charge in [-0.2, -0.15) is 5.06 Å². The van der Waals surface area contributed by atoms with E-state index < -0.39 is 0 Å². The molecule has 0 bridgehead atoms. The van der Waals surface area contributed by atoms with Gasteiger partial charge < -0.3 is 5.73 Å². The molecular weight excluding hydrogens is 116 g/mol. The van der Waals surface area contributed by atoms with E-state index in [9.17, 15) is 0 Å². The molecule has 0 aromatic carbocycles. The molecule has 0 fully saturated rings. The Morgan fingerprint density at radius 3 is 1.89 bits per heavy atom. The number of nitrogens with zero attached hydrogens (tertiary/aromatic N) is 1. The third-order valence-corrected chi connectivity index (χ3v) is 0.467. The molecule has 0 unspecified atom stereocenters. The summed E-state index contributed by atoms with van der Waals surface area (Å²) >= 11 is 0. The summed E-state index contributed by atoms with van der Waals surface area (Å²) in [5.74, 6) is 0. The van der Waals surface area contributed by atoms with Crippen molar-refractivity contribution in [3.8, 4) is 0 Å². The van der Waals surface area contributed by atoms with Gasteiger partial charge in [0.05, 0.1) is 6.61 Å². The van der Waals surface area contributed by atoms with Crippen LogP contribution in [0, 0.1) is 0 Å². The first kappa shape index (κ1) is 11.6. The fourth-order valence-corrected chi connectivity index (χ4v) is 0.235. The average Bonchev–Trinajstić information content (AvgIpc) is 1.88. The van der Waals surface area contributed by atoms with Crippen molar-refractivity contribution < 1.29 is 4.84 Å². The Kier molecular flexibility index (Phi) is 14.0. The van der Waals surface area contributed by atoms with Crippen molar-refractivity contribution in [3.63, 3.8) is 0 Å². The second kappa shape index (κ2) is 10.8. The molecule has 0 saturated heterocycles. The second-order valence-electron chi connectivity index (χ2n) is 1.43. The maximum absolute atomic E-state index is 5.13. The summed E-state index contributed by atoms with van der Waals surface area (Å²) in [5, 5.41) is 1.63. The fourth-order valence-electron chi connectivity index (χ4n) is 0.235. The summed E-state index contributed by atoms with van der Waals surface area (Å²) in [6.45, 7) is 5.19. The quantitative estimate of drug-likeness (QED) is 0.570. The zero-order valence-electron chi connectivity index (χ0n) is 6.85. The van der Waals surface area contributed by atoms with Crippen LogP contribution in [0.2, 0.25) is 0 Å².